The van der Waals surface area contributed by atoms with Crippen molar-refractivity contribution in [1.29, 1.82) is 0 Å². The summed E-state index contributed by atoms with van der Waals surface area (Å²) in [5.74, 6) is -0.660. The Labute approximate surface area is 74.0 Å². The van der Waals surface area contributed by atoms with Gasteiger partial charge in [-0.05, 0) is 23.7 Å². The lowest BCUT2D eigenvalue weighted by molar-refractivity contribution is -0.141. The molecule has 1 saturated carbocycles. The van der Waals surface area contributed by atoms with Gasteiger partial charge < -0.3 is 5.11 Å². The van der Waals surface area contributed by atoms with Gasteiger partial charge in [0.15, 0.2) is 0 Å². The Morgan fingerprint density at radius 2 is 1.92 bits per heavy atom. The van der Waals surface area contributed by atoms with E-state index in [1.807, 2.05) is 0 Å². The van der Waals surface area contributed by atoms with E-state index in [4.69, 9.17) is 5.11 Å². The fourth-order valence-corrected chi connectivity index (χ4v) is 2.22. The minimum absolute atomic E-state index is 0.0127. The van der Waals surface area contributed by atoms with E-state index in [0.717, 1.165) is 12.8 Å². The molecule has 0 heterocycles. The van der Waals surface area contributed by atoms with E-state index in [2.05, 4.69) is 20.8 Å². The minimum atomic E-state index is -0.660. The minimum Gasteiger partial charge on any atom is -0.481 e. The highest BCUT2D eigenvalue weighted by atomic mass is 16.4. The van der Waals surface area contributed by atoms with Crippen molar-refractivity contribution in [1.82, 2.24) is 0 Å². The Bertz CT molecular complexity index is 196. The van der Waals surface area contributed by atoms with Crippen LogP contribution < -0.4 is 0 Å². The van der Waals surface area contributed by atoms with Gasteiger partial charge >= 0.3 is 5.97 Å². The average molecular weight is 170 g/mol. The average Bonchev–Trinajstić information content (AvgIpc) is 2.05. The number of carboxylic acids is 1. The molecule has 0 aromatic carbocycles. The Hall–Kier alpha value is -0.530. The number of hydrogen-bond donors (Lipinski definition) is 1. The second-order valence-electron chi connectivity index (χ2n) is 4.87. The Kier molecular flexibility index (Phi) is 2.19. The van der Waals surface area contributed by atoms with Gasteiger partial charge in [0.05, 0.1) is 6.42 Å². The van der Waals surface area contributed by atoms with Gasteiger partial charge in [0.2, 0.25) is 0 Å². The summed E-state index contributed by atoms with van der Waals surface area (Å²) in [6, 6.07) is 0. The highest BCUT2D eigenvalue weighted by Gasteiger charge is 2.45. The maximum absolute atomic E-state index is 10.6. The zero-order valence-electron chi connectivity index (χ0n) is 8.18. The van der Waals surface area contributed by atoms with Crippen molar-refractivity contribution in [2.75, 3.05) is 0 Å². The molecule has 0 aromatic rings. The molecular weight excluding hydrogens is 152 g/mol. The molecule has 2 nitrogen and oxygen atoms in total. The van der Waals surface area contributed by atoms with Crippen LogP contribution in [0, 0.1) is 10.8 Å². The van der Waals surface area contributed by atoms with Gasteiger partial charge in [0.25, 0.3) is 0 Å². The van der Waals surface area contributed by atoms with E-state index >= 15 is 0 Å². The molecule has 0 radical (unpaired) electrons. The molecule has 0 bridgehead atoms. The van der Waals surface area contributed by atoms with Crippen molar-refractivity contribution < 1.29 is 9.90 Å². The van der Waals surface area contributed by atoms with Gasteiger partial charge in [0.1, 0.15) is 0 Å². The summed E-state index contributed by atoms with van der Waals surface area (Å²) in [6.45, 7) is 6.47. The highest BCUT2D eigenvalue weighted by Crippen LogP contribution is 2.54. The predicted octanol–water partition coefficient (Wildman–Crippen LogP) is 2.68. The largest absolute Gasteiger partial charge is 0.481 e. The zero-order valence-corrected chi connectivity index (χ0v) is 8.18. The van der Waals surface area contributed by atoms with Crippen molar-refractivity contribution in [3.8, 4) is 0 Å². The molecule has 0 saturated heterocycles. The fourth-order valence-electron chi connectivity index (χ4n) is 2.22. The smallest absolute Gasteiger partial charge is 0.303 e. The van der Waals surface area contributed by atoms with Crippen molar-refractivity contribution in [2.45, 2.75) is 46.5 Å². The summed E-state index contributed by atoms with van der Waals surface area (Å²) in [6.07, 6.45) is 3.72. The third-order valence-corrected chi connectivity index (χ3v) is 3.71. The first-order chi connectivity index (χ1) is 5.37. The van der Waals surface area contributed by atoms with Crippen LogP contribution >= 0.6 is 0 Å². The lowest BCUT2D eigenvalue weighted by Crippen LogP contribution is -2.31. The molecule has 0 aromatic heterocycles. The van der Waals surface area contributed by atoms with E-state index in [-0.39, 0.29) is 10.8 Å². The maximum Gasteiger partial charge on any atom is 0.303 e. The number of hydrogen-bond acceptors (Lipinski definition) is 1. The third kappa shape index (κ3) is 1.47. The van der Waals surface area contributed by atoms with Gasteiger partial charge in [-0.2, -0.15) is 0 Å². The van der Waals surface area contributed by atoms with Crippen LogP contribution in [0.4, 0.5) is 0 Å². The summed E-state index contributed by atoms with van der Waals surface area (Å²) in [5, 5.41) is 8.77. The summed E-state index contributed by atoms with van der Waals surface area (Å²) >= 11 is 0. The maximum atomic E-state index is 10.6. The topological polar surface area (TPSA) is 37.3 Å². The number of aliphatic carboxylic acids is 1. The van der Waals surface area contributed by atoms with Gasteiger partial charge in [0, 0.05) is 0 Å². The molecule has 2 heteroatoms. The number of carboxylic acid groups (broad SMARTS) is 1. The Balaban J connectivity index is 2.75. The van der Waals surface area contributed by atoms with Crippen LogP contribution in [0.2, 0.25) is 0 Å². The predicted molar refractivity (Wildman–Crippen MR) is 48.0 cm³/mol. The van der Waals surface area contributed by atoms with Crippen LogP contribution in [0.5, 0.6) is 0 Å². The van der Waals surface area contributed by atoms with E-state index < -0.39 is 5.97 Å². The third-order valence-electron chi connectivity index (χ3n) is 3.71. The Morgan fingerprint density at radius 3 is 2.25 bits per heavy atom. The van der Waals surface area contributed by atoms with E-state index in [1.165, 1.54) is 6.42 Å². The molecule has 1 rings (SSSR count). The summed E-state index contributed by atoms with van der Waals surface area (Å²) < 4.78 is 0. The van der Waals surface area contributed by atoms with Crippen molar-refractivity contribution in [2.24, 2.45) is 10.8 Å². The molecule has 1 fully saturated rings. The molecular formula is C10H18O2. The van der Waals surface area contributed by atoms with Crippen LogP contribution in [0.25, 0.3) is 0 Å². The molecule has 70 valence electrons. The van der Waals surface area contributed by atoms with Crippen LogP contribution in [-0.4, -0.2) is 11.1 Å². The second-order valence-corrected chi connectivity index (χ2v) is 4.87. The molecule has 1 aliphatic carbocycles. The van der Waals surface area contributed by atoms with Crippen molar-refractivity contribution in [3.05, 3.63) is 0 Å². The SMILES string of the molecule is CC1(C)CCCC1(C)CC(=O)O. The van der Waals surface area contributed by atoms with E-state index in [1.54, 1.807) is 0 Å². The lowest BCUT2D eigenvalue weighted by atomic mass is 9.67. The van der Waals surface area contributed by atoms with Gasteiger partial charge in [-0.15, -0.1) is 0 Å². The first-order valence-corrected chi connectivity index (χ1v) is 4.59. The van der Waals surface area contributed by atoms with Gasteiger partial charge in [-0.25, -0.2) is 0 Å². The Morgan fingerprint density at radius 1 is 1.33 bits per heavy atom. The monoisotopic (exact) mass is 170 g/mol. The van der Waals surface area contributed by atoms with Gasteiger partial charge in [-0.3, -0.25) is 4.79 Å². The van der Waals surface area contributed by atoms with Crippen LogP contribution in [0.3, 0.4) is 0 Å². The normalized spacial score (nSPS) is 33.6. The van der Waals surface area contributed by atoms with Crippen molar-refractivity contribution >= 4 is 5.97 Å². The molecule has 12 heavy (non-hydrogen) atoms. The summed E-state index contributed by atoms with van der Waals surface area (Å²) in [7, 11) is 0. The summed E-state index contributed by atoms with van der Waals surface area (Å²) in [5.41, 5.74) is 0.213. The van der Waals surface area contributed by atoms with Gasteiger partial charge in [-0.1, -0.05) is 27.2 Å². The molecule has 1 aliphatic rings. The number of carbonyl (C=O) groups is 1. The fraction of sp³-hybridized carbons (Fsp3) is 0.900. The van der Waals surface area contributed by atoms with Crippen LogP contribution in [0.1, 0.15) is 46.5 Å². The second kappa shape index (κ2) is 2.75. The quantitative estimate of drug-likeness (QED) is 0.691. The summed E-state index contributed by atoms with van der Waals surface area (Å²) in [4.78, 5) is 10.6. The zero-order chi connectivity index (χ0) is 9.41. The molecule has 0 aliphatic heterocycles. The highest BCUT2D eigenvalue weighted by molar-refractivity contribution is 5.67. The first kappa shape index (κ1) is 9.56. The lowest BCUT2D eigenvalue weighted by Gasteiger charge is -2.37. The molecule has 0 amide bonds. The van der Waals surface area contributed by atoms with Crippen LogP contribution in [0.15, 0.2) is 0 Å². The van der Waals surface area contributed by atoms with Crippen LogP contribution in [-0.2, 0) is 4.79 Å². The first-order valence-electron chi connectivity index (χ1n) is 4.59. The van der Waals surface area contributed by atoms with Crippen molar-refractivity contribution in [3.63, 3.8) is 0 Å². The molecule has 1 N–H and O–H groups in total. The standard InChI is InChI=1S/C10H18O2/c1-9(2)5-4-6-10(9,3)7-8(11)12/h4-7H2,1-3H3,(H,11,12). The molecule has 0 spiro atoms. The molecule has 1 atom stereocenters. The molecule has 1 unspecified atom stereocenters. The van der Waals surface area contributed by atoms with E-state index in [0.29, 0.717) is 6.42 Å². The number of rotatable bonds is 2. The van der Waals surface area contributed by atoms with E-state index in [9.17, 15) is 4.79 Å².